The highest BCUT2D eigenvalue weighted by Gasteiger charge is 2.36. The molecular weight excluding hydrogens is 348 g/mol. The molecule has 0 bridgehead atoms. The van der Waals surface area contributed by atoms with Gasteiger partial charge in [-0.05, 0) is 24.3 Å². The van der Waals surface area contributed by atoms with Crippen molar-refractivity contribution in [2.75, 3.05) is 6.54 Å². The molecule has 27 heavy (non-hydrogen) atoms. The molecule has 1 aliphatic heterocycles. The van der Waals surface area contributed by atoms with Crippen molar-refractivity contribution in [3.05, 3.63) is 71.6 Å². The first-order chi connectivity index (χ1) is 13.1. The van der Waals surface area contributed by atoms with Gasteiger partial charge in [-0.2, -0.15) is 0 Å². The molecule has 1 aromatic heterocycles. The molecule has 0 atom stereocenters. The lowest BCUT2D eigenvalue weighted by Gasteiger charge is -2.12. The van der Waals surface area contributed by atoms with E-state index in [1.807, 2.05) is 30.3 Å². The van der Waals surface area contributed by atoms with Gasteiger partial charge in [0.05, 0.1) is 17.7 Å². The molecule has 2 heterocycles. The van der Waals surface area contributed by atoms with Gasteiger partial charge in [0.15, 0.2) is 0 Å². The molecule has 0 saturated heterocycles. The Bertz CT molecular complexity index is 994. The second-order valence-electron chi connectivity index (χ2n) is 5.89. The van der Waals surface area contributed by atoms with Gasteiger partial charge in [-0.15, -0.1) is 10.2 Å². The first kappa shape index (κ1) is 16.6. The Balaban J connectivity index is 1.37. The van der Waals surface area contributed by atoms with Crippen LogP contribution in [0, 0.1) is 0 Å². The Morgan fingerprint density at radius 2 is 1.56 bits per heavy atom. The second kappa shape index (κ2) is 6.83. The number of fused-ring (bicyclic) bond motifs is 1. The predicted octanol–water partition coefficient (Wildman–Crippen LogP) is 1.65. The fourth-order valence-electron chi connectivity index (χ4n) is 2.78. The zero-order chi connectivity index (χ0) is 18.8. The van der Waals surface area contributed by atoms with Gasteiger partial charge in [-0.3, -0.25) is 19.3 Å². The minimum absolute atomic E-state index is 0.00182. The average molecular weight is 362 g/mol. The first-order valence-electron chi connectivity index (χ1n) is 8.23. The number of amides is 3. The van der Waals surface area contributed by atoms with E-state index in [4.69, 9.17) is 4.42 Å². The van der Waals surface area contributed by atoms with Crippen LogP contribution in [0.4, 0.5) is 0 Å². The van der Waals surface area contributed by atoms with Crippen LogP contribution >= 0.6 is 0 Å². The van der Waals surface area contributed by atoms with Crippen molar-refractivity contribution in [1.82, 2.24) is 20.4 Å². The normalized spacial score (nSPS) is 13.0. The molecule has 0 fully saturated rings. The van der Waals surface area contributed by atoms with Crippen LogP contribution in [0.3, 0.4) is 0 Å². The third kappa shape index (κ3) is 3.20. The lowest BCUT2D eigenvalue weighted by molar-refractivity contribution is -0.121. The molecule has 0 spiro atoms. The lowest BCUT2D eigenvalue weighted by Crippen LogP contribution is -2.40. The number of imide groups is 1. The van der Waals surface area contributed by atoms with Gasteiger partial charge in [-0.25, -0.2) is 0 Å². The summed E-state index contributed by atoms with van der Waals surface area (Å²) in [5.74, 6) is -0.876. The van der Waals surface area contributed by atoms with Gasteiger partial charge in [0.1, 0.15) is 6.54 Å². The molecule has 0 saturated carbocycles. The molecule has 1 aliphatic rings. The highest BCUT2D eigenvalue weighted by Crippen LogP contribution is 2.22. The van der Waals surface area contributed by atoms with E-state index in [0.29, 0.717) is 17.0 Å². The topological polar surface area (TPSA) is 105 Å². The fraction of sp³-hybridized carbons (Fsp3) is 0.105. The van der Waals surface area contributed by atoms with E-state index in [0.717, 1.165) is 10.5 Å². The van der Waals surface area contributed by atoms with Gasteiger partial charge in [0, 0.05) is 5.56 Å². The molecule has 0 radical (unpaired) electrons. The molecule has 8 nitrogen and oxygen atoms in total. The summed E-state index contributed by atoms with van der Waals surface area (Å²) < 4.78 is 5.50. The standard InChI is InChI=1S/C19H14N4O4/c24-15(11-23-18(25)13-8-4-5-9-14(13)19(23)26)20-10-16-21-22-17(27-16)12-6-2-1-3-7-12/h1-9H,10-11H2,(H,20,24). The molecule has 0 unspecified atom stereocenters. The van der Waals surface area contributed by atoms with E-state index in [2.05, 4.69) is 15.5 Å². The monoisotopic (exact) mass is 362 g/mol. The van der Waals surface area contributed by atoms with Gasteiger partial charge < -0.3 is 9.73 Å². The average Bonchev–Trinajstić information content (AvgIpc) is 3.27. The van der Waals surface area contributed by atoms with Crippen LogP contribution in [0.15, 0.2) is 59.0 Å². The van der Waals surface area contributed by atoms with E-state index in [9.17, 15) is 14.4 Å². The van der Waals surface area contributed by atoms with Gasteiger partial charge in [0.25, 0.3) is 11.8 Å². The summed E-state index contributed by atoms with van der Waals surface area (Å²) in [4.78, 5) is 37.6. The molecule has 1 N–H and O–H groups in total. The Morgan fingerprint density at radius 1 is 0.926 bits per heavy atom. The van der Waals surface area contributed by atoms with E-state index in [1.165, 1.54) is 0 Å². The molecule has 2 aromatic carbocycles. The van der Waals surface area contributed by atoms with Crippen molar-refractivity contribution in [3.63, 3.8) is 0 Å². The van der Waals surface area contributed by atoms with E-state index in [1.54, 1.807) is 24.3 Å². The Kier molecular flexibility index (Phi) is 4.21. The number of benzene rings is 2. The molecule has 4 rings (SSSR count). The Morgan fingerprint density at radius 3 is 2.22 bits per heavy atom. The maximum atomic E-state index is 12.3. The minimum Gasteiger partial charge on any atom is -0.419 e. The zero-order valence-electron chi connectivity index (χ0n) is 14.1. The summed E-state index contributed by atoms with van der Waals surface area (Å²) in [5.41, 5.74) is 1.38. The van der Waals surface area contributed by atoms with Crippen LogP contribution in [-0.4, -0.2) is 39.4 Å². The molecule has 3 aromatic rings. The zero-order valence-corrected chi connectivity index (χ0v) is 14.1. The number of rotatable bonds is 5. The highest BCUT2D eigenvalue weighted by atomic mass is 16.4. The van der Waals surface area contributed by atoms with Crippen molar-refractivity contribution in [2.45, 2.75) is 6.54 Å². The summed E-state index contributed by atoms with van der Waals surface area (Å²) >= 11 is 0. The molecule has 3 amide bonds. The molecule has 8 heteroatoms. The number of aromatic nitrogens is 2. The van der Waals surface area contributed by atoms with E-state index in [-0.39, 0.29) is 19.0 Å². The van der Waals surface area contributed by atoms with Gasteiger partial charge in [-0.1, -0.05) is 30.3 Å². The number of carbonyl (C=O) groups is 3. The predicted molar refractivity (Wildman–Crippen MR) is 93.4 cm³/mol. The van der Waals surface area contributed by atoms with Crippen molar-refractivity contribution >= 4 is 17.7 Å². The first-order valence-corrected chi connectivity index (χ1v) is 8.23. The molecule has 0 aliphatic carbocycles. The summed E-state index contributed by atoms with van der Waals surface area (Å²) in [6.07, 6.45) is 0. The number of hydrogen-bond donors (Lipinski definition) is 1. The molecule has 134 valence electrons. The minimum atomic E-state index is -0.496. The summed E-state index contributed by atoms with van der Waals surface area (Å²) in [6, 6.07) is 15.7. The maximum absolute atomic E-state index is 12.3. The number of nitrogens with one attached hydrogen (secondary N) is 1. The molecular formula is C19H14N4O4. The van der Waals surface area contributed by atoms with Crippen molar-refractivity contribution in [2.24, 2.45) is 0 Å². The summed E-state index contributed by atoms with van der Waals surface area (Å²) in [7, 11) is 0. The SMILES string of the molecule is O=C(CN1C(=O)c2ccccc2C1=O)NCc1nnc(-c2ccccc2)o1. The number of nitrogens with zero attached hydrogens (tertiary/aromatic N) is 3. The van der Waals surface area contributed by atoms with Crippen LogP contribution < -0.4 is 5.32 Å². The third-order valence-corrected chi connectivity index (χ3v) is 4.10. The van der Waals surface area contributed by atoms with Crippen LogP contribution in [0.1, 0.15) is 26.6 Å². The smallest absolute Gasteiger partial charge is 0.262 e. The van der Waals surface area contributed by atoms with E-state index >= 15 is 0 Å². The van der Waals surface area contributed by atoms with Crippen LogP contribution in [0.25, 0.3) is 11.5 Å². The largest absolute Gasteiger partial charge is 0.419 e. The maximum Gasteiger partial charge on any atom is 0.262 e. The Labute approximate surface area is 153 Å². The number of hydrogen-bond acceptors (Lipinski definition) is 6. The summed E-state index contributed by atoms with van der Waals surface area (Å²) in [6.45, 7) is -0.367. The van der Waals surface area contributed by atoms with Crippen LogP contribution in [0.5, 0.6) is 0 Å². The highest BCUT2D eigenvalue weighted by molar-refractivity contribution is 6.22. The second-order valence-corrected chi connectivity index (χ2v) is 5.89. The third-order valence-electron chi connectivity index (χ3n) is 4.10. The quantitative estimate of drug-likeness (QED) is 0.692. The Hall–Kier alpha value is -3.81. The van der Waals surface area contributed by atoms with Crippen LogP contribution in [-0.2, 0) is 11.3 Å². The van der Waals surface area contributed by atoms with Gasteiger partial charge in [0.2, 0.25) is 17.7 Å². The number of carbonyl (C=O) groups excluding carboxylic acids is 3. The van der Waals surface area contributed by atoms with Gasteiger partial charge >= 0.3 is 0 Å². The summed E-state index contributed by atoms with van der Waals surface area (Å²) in [5, 5.41) is 10.4. The fourth-order valence-corrected chi connectivity index (χ4v) is 2.78. The van der Waals surface area contributed by atoms with Crippen molar-refractivity contribution in [3.8, 4) is 11.5 Å². The lowest BCUT2D eigenvalue weighted by atomic mass is 10.1. The van der Waals surface area contributed by atoms with E-state index < -0.39 is 17.7 Å². The van der Waals surface area contributed by atoms with Crippen molar-refractivity contribution in [1.29, 1.82) is 0 Å². The van der Waals surface area contributed by atoms with Crippen LogP contribution in [0.2, 0.25) is 0 Å². The van der Waals surface area contributed by atoms with Crippen molar-refractivity contribution < 1.29 is 18.8 Å².